The molecule has 0 radical (unpaired) electrons. The summed E-state index contributed by atoms with van der Waals surface area (Å²) in [6.45, 7) is 1.58. The van der Waals surface area contributed by atoms with Gasteiger partial charge in [0.05, 0.1) is 36.9 Å². The Bertz CT molecular complexity index is 544. The molecule has 0 aromatic carbocycles. The van der Waals surface area contributed by atoms with Crippen molar-refractivity contribution in [3.05, 3.63) is 0 Å². The van der Waals surface area contributed by atoms with Crippen LogP contribution in [-0.4, -0.2) is 103 Å². The van der Waals surface area contributed by atoms with E-state index in [9.17, 15) is 15.0 Å². The number of rotatable bonds is 6. The lowest BCUT2D eigenvalue weighted by molar-refractivity contribution is -0.267. The summed E-state index contributed by atoms with van der Waals surface area (Å²) >= 11 is 0. The molecular weight excluding hydrogens is 512 g/mol. The summed E-state index contributed by atoms with van der Waals surface area (Å²) in [6, 6.07) is -2.55. The number of nitrogens with zero attached hydrogens (tertiary/aromatic N) is 1. The average molecular weight is 551 g/mol. The van der Waals surface area contributed by atoms with Crippen LogP contribution >= 0.6 is 49.6 Å². The van der Waals surface area contributed by atoms with Gasteiger partial charge in [0.25, 0.3) is 0 Å². The molecule has 1 heterocycles. The van der Waals surface area contributed by atoms with Crippen molar-refractivity contribution in [2.75, 3.05) is 20.7 Å². The smallest absolute Gasteiger partial charge is 0.236 e. The number of hydrogen-bond acceptors (Lipinski definition) is 10. The van der Waals surface area contributed by atoms with Gasteiger partial charge in [-0.2, -0.15) is 0 Å². The maximum atomic E-state index is 12.1. The summed E-state index contributed by atoms with van der Waals surface area (Å²) in [7, 11) is 2.85. The van der Waals surface area contributed by atoms with Crippen molar-refractivity contribution in [3.8, 4) is 0 Å². The first-order valence-electron chi connectivity index (χ1n) is 9.56. The fraction of sp³-hybridized carbons (Fsp3) is 0.941. The summed E-state index contributed by atoms with van der Waals surface area (Å²) in [4.78, 5) is 13.3. The van der Waals surface area contributed by atoms with Crippen LogP contribution in [-0.2, 0) is 19.0 Å². The third-order valence-electron chi connectivity index (χ3n) is 5.74. The maximum Gasteiger partial charge on any atom is 0.236 e. The van der Waals surface area contributed by atoms with Crippen molar-refractivity contribution in [2.45, 2.75) is 80.7 Å². The molecule has 11 nitrogen and oxygen atoms in total. The van der Waals surface area contributed by atoms with Crippen LogP contribution in [0, 0.1) is 0 Å². The van der Waals surface area contributed by atoms with Gasteiger partial charge in [0.15, 0.2) is 6.29 Å². The highest BCUT2D eigenvalue weighted by Gasteiger charge is 2.53. The molecule has 1 aliphatic heterocycles. The fourth-order valence-electron chi connectivity index (χ4n) is 3.95. The molecular formula is C17H39Cl4N5O6. The van der Waals surface area contributed by atoms with Crippen LogP contribution in [0.2, 0.25) is 0 Å². The second kappa shape index (κ2) is 16.0. The predicted molar refractivity (Wildman–Crippen MR) is 130 cm³/mol. The summed E-state index contributed by atoms with van der Waals surface area (Å²) in [5, 5.41) is 21.6. The Morgan fingerprint density at radius 1 is 1.12 bits per heavy atom. The van der Waals surface area contributed by atoms with Gasteiger partial charge in [-0.25, -0.2) is 0 Å². The Hall–Kier alpha value is 0.270. The van der Waals surface area contributed by atoms with Gasteiger partial charge >= 0.3 is 0 Å². The van der Waals surface area contributed by atoms with Crippen molar-refractivity contribution >= 4 is 55.5 Å². The van der Waals surface area contributed by atoms with E-state index >= 15 is 0 Å². The predicted octanol–water partition coefficient (Wildman–Crippen LogP) is -1.90. The normalized spacial score (nSPS) is 37.5. The minimum atomic E-state index is -1.25. The lowest BCUT2D eigenvalue weighted by Gasteiger charge is -2.50. The number of aliphatic hydroxyl groups excluding tert-OH is 2. The second-order valence-corrected chi connectivity index (χ2v) is 7.70. The molecule has 0 spiro atoms. The van der Waals surface area contributed by atoms with E-state index in [2.05, 4.69) is 0 Å². The van der Waals surface area contributed by atoms with E-state index in [0.29, 0.717) is 12.8 Å². The lowest BCUT2D eigenvalue weighted by atomic mass is 9.80. The number of carbonyl (C=O) groups is 1. The van der Waals surface area contributed by atoms with E-state index in [1.54, 1.807) is 0 Å². The van der Waals surface area contributed by atoms with Crippen LogP contribution in [0.3, 0.4) is 0 Å². The van der Waals surface area contributed by atoms with Gasteiger partial charge in [0, 0.05) is 20.2 Å². The number of halogens is 4. The molecule has 196 valence electrons. The molecule has 10 N–H and O–H groups in total. The zero-order chi connectivity index (χ0) is 21.2. The van der Waals surface area contributed by atoms with E-state index in [1.807, 2.05) is 6.92 Å². The Kier molecular flexibility index (Phi) is 18.5. The monoisotopic (exact) mass is 549 g/mol. The van der Waals surface area contributed by atoms with Gasteiger partial charge in [0.1, 0.15) is 18.3 Å². The topological polar surface area (TPSA) is 193 Å². The van der Waals surface area contributed by atoms with E-state index in [0.717, 1.165) is 0 Å². The highest BCUT2D eigenvalue weighted by atomic mass is 35.5. The summed E-state index contributed by atoms with van der Waals surface area (Å²) in [5.74, 6) is -0.421. The molecule has 1 aliphatic carbocycles. The van der Waals surface area contributed by atoms with Crippen molar-refractivity contribution in [1.29, 1.82) is 0 Å². The molecule has 0 aromatic heterocycles. The second-order valence-electron chi connectivity index (χ2n) is 7.70. The zero-order valence-corrected chi connectivity index (χ0v) is 21.6. The molecule has 0 bridgehead atoms. The van der Waals surface area contributed by atoms with Gasteiger partial charge in [-0.1, -0.05) is 0 Å². The summed E-state index contributed by atoms with van der Waals surface area (Å²) in [6.07, 6.45) is -4.16. The Morgan fingerprint density at radius 3 is 2.16 bits per heavy atom. The summed E-state index contributed by atoms with van der Waals surface area (Å²) < 4.78 is 17.1. The molecule has 10 atom stereocenters. The largest absolute Gasteiger partial charge is 0.389 e. The quantitative estimate of drug-likeness (QED) is 0.217. The molecule has 1 saturated heterocycles. The first kappa shape index (κ1) is 36.8. The third-order valence-corrected chi connectivity index (χ3v) is 5.74. The number of nitrogens with two attached hydrogens (primary N) is 4. The Balaban J connectivity index is -0.00000210. The Morgan fingerprint density at radius 2 is 1.69 bits per heavy atom. The molecule has 0 unspecified atom stereocenters. The van der Waals surface area contributed by atoms with Crippen LogP contribution < -0.4 is 22.9 Å². The van der Waals surface area contributed by atoms with Gasteiger partial charge < -0.3 is 52.3 Å². The minimum absolute atomic E-state index is 0. The van der Waals surface area contributed by atoms with Gasteiger partial charge in [-0.05, 0) is 19.8 Å². The molecule has 2 fully saturated rings. The molecule has 32 heavy (non-hydrogen) atoms. The third kappa shape index (κ3) is 7.91. The van der Waals surface area contributed by atoms with Crippen LogP contribution in [0.15, 0.2) is 0 Å². The minimum Gasteiger partial charge on any atom is -0.389 e. The van der Waals surface area contributed by atoms with Crippen LogP contribution in [0.1, 0.15) is 19.8 Å². The molecule has 0 aromatic rings. The first-order valence-corrected chi connectivity index (χ1v) is 9.56. The van der Waals surface area contributed by atoms with Gasteiger partial charge in [0.2, 0.25) is 5.91 Å². The maximum absolute atomic E-state index is 12.1. The van der Waals surface area contributed by atoms with Gasteiger partial charge in [-0.3, -0.25) is 4.79 Å². The van der Waals surface area contributed by atoms with E-state index in [4.69, 9.17) is 37.1 Å². The van der Waals surface area contributed by atoms with Crippen molar-refractivity contribution < 1.29 is 29.2 Å². The molecule has 1 amide bonds. The number of ether oxygens (including phenoxy) is 3. The number of hydrogen-bond donors (Lipinski definition) is 6. The number of amides is 1. The van der Waals surface area contributed by atoms with E-state index < -0.39 is 54.7 Å². The molecule has 1 saturated carbocycles. The molecule has 2 aliphatic rings. The van der Waals surface area contributed by atoms with Crippen LogP contribution in [0.25, 0.3) is 0 Å². The average Bonchev–Trinajstić information content (AvgIpc) is 2.67. The van der Waals surface area contributed by atoms with E-state index in [-0.39, 0.29) is 68.3 Å². The SMILES string of the molecule is CO[C@@H]1[C@@H](O)[C@H](N)[C@H](O[C@H]2O[C@H]([C@H](C)N)CC[C@H]2N)[C@@H](O)[C@H]1N(C)C(=O)CN.Cl.Cl.Cl.Cl. The van der Waals surface area contributed by atoms with Crippen molar-refractivity contribution in [1.82, 2.24) is 4.90 Å². The zero-order valence-electron chi connectivity index (χ0n) is 18.3. The van der Waals surface area contributed by atoms with E-state index in [1.165, 1.54) is 19.1 Å². The standard InChI is InChI=1S/C17H35N5O6.4ClH/c1-7(19)9-5-4-8(20)17(27-9)28-15-11(21)13(24)16(26-3)12(14(15)25)22(2)10(23)6-18;;;;/h7-9,11-17,24-25H,4-6,18-21H2,1-3H3;4*1H/t7-,8+,9-,11-,12+,13-,14-,15-,16-,17+;;;;/m0..../s1. The number of likely N-dealkylation sites (N-methyl/N-ethyl adjacent to an activating group) is 1. The highest BCUT2D eigenvalue weighted by Crippen LogP contribution is 2.31. The fourth-order valence-corrected chi connectivity index (χ4v) is 3.95. The lowest BCUT2D eigenvalue weighted by Crippen LogP contribution is -2.72. The Labute approximate surface area is 213 Å². The summed E-state index contributed by atoms with van der Waals surface area (Å²) in [5.41, 5.74) is 23.6. The van der Waals surface area contributed by atoms with Crippen molar-refractivity contribution in [2.24, 2.45) is 22.9 Å². The number of methoxy groups -OCH3 is 1. The van der Waals surface area contributed by atoms with Crippen LogP contribution in [0.4, 0.5) is 0 Å². The number of aliphatic hydroxyl groups is 2. The number of carbonyl (C=O) groups excluding carboxylic acids is 1. The molecule has 15 heteroatoms. The molecule has 2 rings (SSSR count). The first-order chi connectivity index (χ1) is 13.1. The highest BCUT2D eigenvalue weighted by molar-refractivity contribution is 5.86. The van der Waals surface area contributed by atoms with Gasteiger partial charge in [-0.15, -0.1) is 49.6 Å². The van der Waals surface area contributed by atoms with Crippen molar-refractivity contribution in [3.63, 3.8) is 0 Å². The van der Waals surface area contributed by atoms with Crippen LogP contribution in [0.5, 0.6) is 0 Å².